The van der Waals surface area contributed by atoms with E-state index < -0.39 is 8.80 Å². The van der Waals surface area contributed by atoms with E-state index in [1.807, 2.05) is 63.3 Å². The molecule has 0 aromatic heterocycles. The van der Waals surface area contributed by atoms with Crippen LogP contribution in [-0.2, 0) is 13.3 Å². The lowest BCUT2D eigenvalue weighted by Gasteiger charge is -2.29. The van der Waals surface area contributed by atoms with Crippen LogP contribution in [0.2, 0.25) is 0 Å². The molecule has 0 N–H and O–H groups in total. The maximum absolute atomic E-state index is 5.86. The van der Waals surface area contributed by atoms with Crippen LogP contribution in [0, 0.1) is 0 Å². The van der Waals surface area contributed by atoms with Gasteiger partial charge < -0.3 is 13.3 Å². The monoisotopic (exact) mass is 266 g/mol. The molecule has 0 unspecified atom stereocenters. The largest absolute Gasteiger partial charge is 0.537 e. The topological polar surface area (TPSA) is 27.7 Å². The molecular weight excluding hydrogens is 244 g/mol. The van der Waals surface area contributed by atoms with Gasteiger partial charge in [-0.05, 0) is 20.8 Å². The first kappa shape index (κ1) is 15.1. The Balaban J connectivity index is 3.05. The van der Waals surface area contributed by atoms with Crippen molar-refractivity contribution in [1.29, 1.82) is 0 Å². The molecule has 0 heterocycles. The molecule has 0 aromatic rings. The first-order valence-corrected chi connectivity index (χ1v) is 8.15. The SMILES string of the molecule is CCO[Si](OCC)(OCC)C1=CC=CC=CC=C1. The van der Waals surface area contributed by atoms with Gasteiger partial charge in [-0.1, -0.05) is 42.5 Å². The molecule has 18 heavy (non-hydrogen) atoms. The molecule has 1 rings (SSSR count). The summed E-state index contributed by atoms with van der Waals surface area (Å²) in [6.45, 7) is 7.62. The van der Waals surface area contributed by atoms with Gasteiger partial charge in [-0.3, -0.25) is 0 Å². The van der Waals surface area contributed by atoms with Gasteiger partial charge in [-0.2, -0.15) is 0 Å². The van der Waals surface area contributed by atoms with Crippen molar-refractivity contribution >= 4 is 8.80 Å². The van der Waals surface area contributed by atoms with E-state index in [0.717, 1.165) is 5.20 Å². The van der Waals surface area contributed by atoms with Gasteiger partial charge in [0.1, 0.15) is 0 Å². The Hall–Kier alpha value is -0.943. The molecule has 0 saturated heterocycles. The second-order valence-electron chi connectivity index (χ2n) is 3.61. The van der Waals surface area contributed by atoms with E-state index in [9.17, 15) is 0 Å². The minimum Gasteiger partial charge on any atom is -0.370 e. The molecule has 1 aliphatic rings. The molecule has 0 spiro atoms. The van der Waals surface area contributed by atoms with Gasteiger partial charge in [0.15, 0.2) is 0 Å². The highest BCUT2D eigenvalue weighted by molar-refractivity contribution is 6.69. The van der Waals surface area contributed by atoms with Crippen LogP contribution in [-0.4, -0.2) is 28.6 Å². The molecule has 0 saturated carbocycles. The lowest BCUT2D eigenvalue weighted by molar-refractivity contribution is 0.0818. The number of hydrogen-bond acceptors (Lipinski definition) is 3. The van der Waals surface area contributed by atoms with Crippen LogP contribution in [0.1, 0.15) is 20.8 Å². The van der Waals surface area contributed by atoms with Crippen molar-refractivity contribution in [3.05, 3.63) is 47.7 Å². The summed E-state index contributed by atoms with van der Waals surface area (Å²) in [5, 5.41) is 0.994. The third-order valence-electron chi connectivity index (χ3n) is 2.35. The molecule has 0 fully saturated rings. The van der Waals surface area contributed by atoms with Crippen molar-refractivity contribution in [2.75, 3.05) is 19.8 Å². The van der Waals surface area contributed by atoms with Crippen molar-refractivity contribution in [2.45, 2.75) is 20.8 Å². The van der Waals surface area contributed by atoms with Crippen LogP contribution in [0.5, 0.6) is 0 Å². The second-order valence-corrected chi connectivity index (χ2v) is 6.16. The molecule has 3 nitrogen and oxygen atoms in total. The van der Waals surface area contributed by atoms with Crippen LogP contribution < -0.4 is 0 Å². The fourth-order valence-corrected chi connectivity index (χ4v) is 4.21. The van der Waals surface area contributed by atoms with E-state index >= 15 is 0 Å². The summed E-state index contributed by atoms with van der Waals surface area (Å²) in [6.07, 6.45) is 13.9. The number of rotatable bonds is 7. The Morgan fingerprint density at radius 1 is 0.778 bits per heavy atom. The summed E-state index contributed by atoms with van der Waals surface area (Å²) in [5.41, 5.74) is 0. The summed E-state index contributed by atoms with van der Waals surface area (Å²) < 4.78 is 17.6. The molecule has 4 heteroatoms. The highest BCUT2D eigenvalue weighted by atomic mass is 28.4. The van der Waals surface area contributed by atoms with Crippen molar-refractivity contribution in [3.63, 3.8) is 0 Å². The number of hydrogen-bond donors (Lipinski definition) is 0. The first-order chi connectivity index (χ1) is 8.79. The maximum atomic E-state index is 5.86. The van der Waals surface area contributed by atoms with Gasteiger partial charge in [0.25, 0.3) is 0 Å². The highest BCUT2D eigenvalue weighted by Crippen LogP contribution is 2.22. The molecule has 0 bridgehead atoms. The predicted molar refractivity (Wildman–Crippen MR) is 76.1 cm³/mol. The Labute approximate surface area is 111 Å². The molecular formula is C14H22O3Si. The van der Waals surface area contributed by atoms with Gasteiger partial charge >= 0.3 is 8.80 Å². The van der Waals surface area contributed by atoms with E-state index in [-0.39, 0.29) is 0 Å². The van der Waals surface area contributed by atoms with Crippen molar-refractivity contribution in [1.82, 2.24) is 0 Å². The first-order valence-electron chi connectivity index (χ1n) is 6.43. The van der Waals surface area contributed by atoms with E-state index in [2.05, 4.69) is 0 Å². The lowest BCUT2D eigenvalue weighted by Crippen LogP contribution is -2.48. The van der Waals surface area contributed by atoms with Crippen LogP contribution in [0.25, 0.3) is 0 Å². The van der Waals surface area contributed by atoms with Crippen LogP contribution in [0.4, 0.5) is 0 Å². The van der Waals surface area contributed by atoms with Gasteiger partial charge in [-0.15, -0.1) is 0 Å². The molecule has 0 aliphatic heterocycles. The summed E-state index contributed by atoms with van der Waals surface area (Å²) in [5.74, 6) is 0. The fraction of sp³-hybridized carbons (Fsp3) is 0.429. The minimum atomic E-state index is -2.76. The zero-order valence-electron chi connectivity index (χ0n) is 11.4. The van der Waals surface area contributed by atoms with Gasteiger partial charge in [-0.25, -0.2) is 0 Å². The van der Waals surface area contributed by atoms with Gasteiger partial charge in [0.05, 0.1) is 0 Å². The normalized spacial score (nSPS) is 15.4. The van der Waals surface area contributed by atoms with E-state index in [0.29, 0.717) is 19.8 Å². The Bertz CT molecular complexity index is 339. The second kappa shape index (κ2) is 8.21. The van der Waals surface area contributed by atoms with Gasteiger partial charge in [0.2, 0.25) is 0 Å². The minimum absolute atomic E-state index is 0.580. The molecule has 0 aromatic carbocycles. The third kappa shape index (κ3) is 4.06. The van der Waals surface area contributed by atoms with Crippen LogP contribution >= 0.6 is 0 Å². The Morgan fingerprint density at radius 2 is 1.28 bits per heavy atom. The Morgan fingerprint density at radius 3 is 1.83 bits per heavy atom. The molecule has 100 valence electrons. The van der Waals surface area contributed by atoms with E-state index in [1.54, 1.807) is 0 Å². The molecule has 0 amide bonds. The van der Waals surface area contributed by atoms with Gasteiger partial charge in [0, 0.05) is 25.0 Å². The maximum Gasteiger partial charge on any atom is 0.537 e. The third-order valence-corrected chi connectivity index (χ3v) is 5.40. The van der Waals surface area contributed by atoms with E-state index in [4.69, 9.17) is 13.3 Å². The highest BCUT2D eigenvalue weighted by Gasteiger charge is 2.43. The summed E-state index contributed by atoms with van der Waals surface area (Å²) >= 11 is 0. The summed E-state index contributed by atoms with van der Waals surface area (Å²) in [6, 6.07) is 0. The number of allylic oxidation sites excluding steroid dienone is 8. The van der Waals surface area contributed by atoms with E-state index in [1.165, 1.54) is 0 Å². The zero-order valence-corrected chi connectivity index (χ0v) is 12.4. The average molecular weight is 266 g/mol. The zero-order chi connectivity index (χ0) is 13.3. The molecule has 0 atom stereocenters. The average Bonchev–Trinajstić information content (AvgIpc) is 2.29. The Kier molecular flexibility index (Phi) is 6.89. The smallest absolute Gasteiger partial charge is 0.370 e. The van der Waals surface area contributed by atoms with Crippen molar-refractivity contribution < 1.29 is 13.3 Å². The molecule has 0 radical (unpaired) electrons. The van der Waals surface area contributed by atoms with Crippen LogP contribution in [0.3, 0.4) is 0 Å². The van der Waals surface area contributed by atoms with Crippen molar-refractivity contribution in [3.8, 4) is 0 Å². The lowest BCUT2D eigenvalue weighted by atomic mass is 10.3. The predicted octanol–water partition coefficient (Wildman–Crippen LogP) is 3.18. The van der Waals surface area contributed by atoms with Crippen molar-refractivity contribution in [2.24, 2.45) is 0 Å². The molecule has 1 aliphatic carbocycles. The quantitative estimate of drug-likeness (QED) is 0.662. The standard InChI is InChI=1S/C14H22O3Si/c1-4-15-18(16-5-2,17-6-3)14-12-10-8-7-9-11-13-14/h7-13H,4-6H2,1-3H3. The summed E-state index contributed by atoms with van der Waals surface area (Å²) in [4.78, 5) is 0. The summed E-state index contributed by atoms with van der Waals surface area (Å²) in [7, 11) is -2.76. The van der Waals surface area contributed by atoms with Crippen LogP contribution in [0.15, 0.2) is 47.7 Å². The fourth-order valence-electron chi connectivity index (χ4n) is 1.72.